The van der Waals surface area contributed by atoms with E-state index in [0.717, 1.165) is 17.0 Å². The molecule has 0 saturated carbocycles. The van der Waals surface area contributed by atoms with E-state index in [1.165, 1.54) is 12.1 Å². The molecule has 136 valence electrons. The Morgan fingerprint density at radius 1 is 0.889 bits per heavy atom. The first kappa shape index (κ1) is 17.1. The zero-order chi connectivity index (χ0) is 19.2. The Morgan fingerprint density at radius 2 is 1.56 bits per heavy atom. The molecular weight excluding hydrogens is 353 g/mol. The first-order chi connectivity index (χ1) is 12.9. The predicted octanol–water partition coefficient (Wildman–Crippen LogP) is 4.96. The van der Waals surface area contributed by atoms with E-state index in [0.29, 0.717) is 16.5 Å². The highest BCUT2D eigenvalue weighted by molar-refractivity contribution is 6.17. The molecule has 0 aliphatic carbocycles. The summed E-state index contributed by atoms with van der Waals surface area (Å²) >= 11 is 0. The average molecular weight is 368 g/mol. The minimum Gasteiger partial charge on any atom is -0.366 e. The van der Waals surface area contributed by atoms with Gasteiger partial charge in [-0.3, -0.25) is 4.79 Å². The molecule has 1 aromatic heterocycles. The summed E-state index contributed by atoms with van der Waals surface area (Å²) in [5, 5.41) is 1.44. The largest absolute Gasteiger partial charge is 0.416 e. The number of alkyl halides is 3. The van der Waals surface area contributed by atoms with Gasteiger partial charge < -0.3 is 10.3 Å². The monoisotopic (exact) mass is 368 g/mol. The third-order valence-corrected chi connectivity index (χ3v) is 4.71. The number of nitrogens with two attached hydrogens (primary N) is 1. The Kier molecular flexibility index (Phi) is 3.91. The van der Waals surface area contributed by atoms with Gasteiger partial charge in [0.15, 0.2) is 0 Å². The van der Waals surface area contributed by atoms with Crippen LogP contribution in [0, 0.1) is 0 Å². The number of carbonyl (C=O) groups excluding carboxylic acids is 1. The zero-order valence-electron chi connectivity index (χ0n) is 14.1. The Morgan fingerprint density at radius 3 is 2.30 bits per heavy atom. The van der Waals surface area contributed by atoms with Crippen LogP contribution in [-0.2, 0) is 12.7 Å². The van der Waals surface area contributed by atoms with E-state index >= 15 is 0 Å². The normalized spacial score (nSPS) is 12.0. The Hall–Kier alpha value is -3.28. The molecule has 0 unspecified atom stereocenters. The fourth-order valence-corrected chi connectivity index (χ4v) is 3.58. The number of primary amides is 1. The van der Waals surface area contributed by atoms with Crippen LogP contribution in [0.15, 0.2) is 66.7 Å². The quantitative estimate of drug-likeness (QED) is 0.546. The number of carbonyl (C=O) groups is 1. The Balaban J connectivity index is 2.01. The van der Waals surface area contributed by atoms with Crippen molar-refractivity contribution < 1.29 is 18.0 Å². The molecule has 3 aromatic carbocycles. The fraction of sp³-hybridized carbons (Fsp3) is 0.0952. The van der Waals surface area contributed by atoms with E-state index in [2.05, 4.69) is 0 Å². The number of rotatable bonds is 3. The third-order valence-electron chi connectivity index (χ3n) is 4.71. The summed E-state index contributed by atoms with van der Waals surface area (Å²) < 4.78 is 42.0. The van der Waals surface area contributed by atoms with Gasteiger partial charge in [-0.1, -0.05) is 42.5 Å². The molecule has 4 rings (SSSR count). The van der Waals surface area contributed by atoms with E-state index < -0.39 is 17.6 Å². The van der Waals surface area contributed by atoms with Gasteiger partial charge in [0.25, 0.3) is 0 Å². The van der Waals surface area contributed by atoms with Crippen molar-refractivity contribution in [3.8, 4) is 0 Å². The number of amides is 1. The SMILES string of the molecule is NC(=O)c1cccc2c1c1ccccc1n2Cc1ccccc1C(F)(F)F. The topological polar surface area (TPSA) is 48.0 Å². The number of benzene rings is 3. The van der Waals surface area contributed by atoms with Crippen LogP contribution >= 0.6 is 0 Å². The number of halogens is 3. The van der Waals surface area contributed by atoms with Crippen molar-refractivity contribution in [2.45, 2.75) is 12.7 Å². The van der Waals surface area contributed by atoms with Crippen molar-refractivity contribution in [3.63, 3.8) is 0 Å². The molecule has 0 spiro atoms. The van der Waals surface area contributed by atoms with Gasteiger partial charge in [0, 0.05) is 28.4 Å². The molecule has 0 aliphatic rings. The minimum absolute atomic E-state index is 0.0297. The smallest absolute Gasteiger partial charge is 0.366 e. The van der Waals surface area contributed by atoms with Crippen molar-refractivity contribution in [1.29, 1.82) is 0 Å². The lowest BCUT2D eigenvalue weighted by molar-refractivity contribution is -0.138. The highest BCUT2D eigenvalue weighted by Gasteiger charge is 2.33. The van der Waals surface area contributed by atoms with Gasteiger partial charge >= 0.3 is 6.18 Å². The number of nitrogens with zero attached hydrogens (tertiary/aromatic N) is 1. The number of hydrogen-bond donors (Lipinski definition) is 1. The van der Waals surface area contributed by atoms with Gasteiger partial charge in [-0.15, -0.1) is 0 Å². The average Bonchev–Trinajstić information content (AvgIpc) is 2.95. The first-order valence-corrected chi connectivity index (χ1v) is 8.33. The summed E-state index contributed by atoms with van der Waals surface area (Å²) in [6.07, 6.45) is -4.44. The van der Waals surface area contributed by atoms with Crippen LogP contribution in [-0.4, -0.2) is 10.5 Å². The Labute approximate surface area is 152 Å². The van der Waals surface area contributed by atoms with Crippen LogP contribution in [0.2, 0.25) is 0 Å². The second-order valence-corrected chi connectivity index (χ2v) is 6.32. The molecule has 2 N–H and O–H groups in total. The molecular formula is C21H15F3N2O. The van der Waals surface area contributed by atoms with Crippen LogP contribution in [0.1, 0.15) is 21.5 Å². The highest BCUT2D eigenvalue weighted by Crippen LogP contribution is 2.35. The van der Waals surface area contributed by atoms with Crippen molar-refractivity contribution in [2.24, 2.45) is 5.73 Å². The van der Waals surface area contributed by atoms with Gasteiger partial charge in [0.05, 0.1) is 11.1 Å². The van der Waals surface area contributed by atoms with Crippen LogP contribution in [0.3, 0.4) is 0 Å². The third kappa shape index (κ3) is 2.83. The van der Waals surface area contributed by atoms with Gasteiger partial charge in [0.2, 0.25) is 5.91 Å². The summed E-state index contributed by atoms with van der Waals surface area (Å²) in [5.74, 6) is -0.570. The maximum Gasteiger partial charge on any atom is 0.416 e. The van der Waals surface area contributed by atoms with Crippen LogP contribution in [0.5, 0.6) is 0 Å². The minimum atomic E-state index is -4.44. The first-order valence-electron chi connectivity index (χ1n) is 8.33. The van der Waals surface area contributed by atoms with Crippen LogP contribution in [0.25, 0.3) is 21.8 Å². The van der Waals surface area contributed by atoms with Gasteiger partial charge in [-0.05, 0) is 29.8 Å². The number of hydrogen-bond acceptors (Lipinski definition) is 1. The summed E-state index contributed by atoms with van der Waals surface area (Å²) in [5.41, 5.74) is 6.79. The molecule has 27 heavy (non-hydrogen) atoms. The van der Waals surface area contributed by atoms with E-state index in [1.807, 2.05) is 24.3 Å². The Bertz CT molecular complexity index is 1180. The second kappa shape index (κ2) is 6.16. The van der Waals surface area contributed by atoms with Gasteiger partial charge in [-0.25, -0.2) is 0 Å². The molecule has 0 saturated heterocycles. The number of para-hydroxylation sites is 1. The molecule has 0 radical (unpaired) electrons. The lowest BCUT2D eigenvalue weighted by Crippen LogP contribution is -2.12. The van der Waals surface area contributed by atoms with E-state index in [1.54, 1.807) is 28.8 Å². The van der Waals surface area contributed by atoms with Crippen molar-refractivity contribution in [2.75, 3.05) is 0 Å². The lowest BCUT2D eigenvalue weighted by atomic mass is 10.1. The van der Waals surface area contributed by atoms with Crippen LogP contribution in [0.4, 0.5) is 13.2 Å². The zero-order valence-corrected chi connectivity index (χ0v) is 14.1. The highest BCUT2D eigenvalue weighted by atomic mass is 19.4. The molecule has 0 aliphatic heterocycles. The van der Waals surface area contributed by atoms with Crippen molar-refractivity contribution >= 4 is 27.7 Å². The second-order valence-electron chi connectivity index (χ2n) is 6.32. The maximum absolute atomic E-state index is 13.4. The summed E-state index contributed by atoms with van der Waals surface area (Å²) in [4.78, 5) is 11.9. The molecule has 3 nitrogen and oxygen atoms in total. The maximum atomic E-state index is 13.4. The molecule has 0 fully saturated rings. The lowest BCUT2D eigenvalue weighted by Gasteiger charge is -2.14. The molecule has 6 heteroatoms. The standard InChI is InChI=1S/C21H15F3N2O/c22-21(23,24)16-9-3-1-6-13(16)12-26-17-10-4-2-7-14(17)19-15(20(25)27)8-5-11-18(19)26/h1-11H,12H2,(H2,25,27). The van der Waals surface area contributed by atoms with Gasteiger partial charge in [-0.2, -0.15) is 13.2 Å². The van der Waals surface area contributed by atoms with Crippen molar-refractivity contribution in [3.05, 3.63) is 83.4 Å². The number of fused-ring (bicyclic) bond motifs is 3. The van der Waals surface area contributed by atoms with E-state index in [9.17, 15) is 18.0 Å². The summed E-state index contributed by atoms with van der Waals surface area (Å²) in [6.45, 7) is 0.0297. The molecule has 1 amide bonds. The van der Waals surface area contributed by atoms with Crippen LogP contribution < -0.4 is 5.73 Å². The van der Waals surface area contributed by atoms with E-state index in [-0.39, 0.29) is 12.1 Å². The number of aromatic nitrogens is 1. The summed E-state index contributed by atoms with van der Waals surface area (Å²) in [7, 11) is 0. The van der Waals surface area contributed by atoms with Crippen molar-refractivity contribution in [1.82, 2.24) is 4.57 Å². The molecule has 4 aromatic rings. The molecule has 0 bridgehead atoms. The van der Waals surface area contributed by atoms with Gasteiger partial charge in [0.1, 0.15) is 0 Å². The summed E-state index contributed by atoms with van der Waals surface area (Å²) in [6, 6.07) is 17.9. The fourth-order valence-electron chi connectivity index (χ4n) is 3.58. The molecule has 0 atom stereocenters. The molecule has 1 heterocycles. The van der Waals surface area contributed by atoms with E-state index in [4.69, 9.17) is 5.73 Å². The predicted molar refractivity (Wildman–Crippen MR) is 98.5 cm³/mol.